The topological polar surface area (TPSA) is 56.3 Å². The maximum Gasteiger partial charge on any atom is 0.254 e. The molecule has 5 rings (SSSR count). The smallest absolute Gasteiger partial charge is 0.254 e. The Kier molecular flexibility index (Phi) is 11.7. The van der Waals surface area contributed by atoms with Crippen LogP contribution in [0.3, 0.4) is 0 Å². The maximum atomic E-state index is 14.2. The molecule has 2 aliphatic rings. The van der Waals surface area contributed by atoms with E-state index >= 15 is 0 Å². The number of anilines is 1. The van der Waals surface area contributed by atoms with Gasteiger partial charge in [-0.1, -0.05) is 61.0 Å². The van der Waals surface area contributed by atoms with Crippen LogP contribution in [-0.2, 0) is 17.9 Å². The van der Waals surface area contributed by atoms with E-state index < -0.39 is 0 Å². The first kappa shape index (κ1) is 32.0. The van der Waals surface area contributed by atoms with Gasteiger partial charge in [0, 0.05) is 62.8 Å². The van der Waals surface area contributed by atoms with Crippen molar-refractivity contribution in [3.63, 3.8) is 0 Å². The summed E-state index contributed by atoms with van der Waals surface area (Å²) in [5, 5.41) is 0.579. The molecule has 1 fully saturated rings. The number of carbonyl (C=O) groups is 2. The molecule has 0 aliphatic carbocycles. The van der Waals surface area contributed by atoms with Crippen LogP contribution in [0.1, 0.15) is 60.5 Å². The summed E-state index contributed by atoms with van der Waals surface area (Å²) < 4.78 is 6.08. The molecule has 44 heavy (non-hydrogen) atoms. The molecular formula is C36H45ClN4O3. The van der Waals surface area contributed by atoms with Crippen LogP contribution in [0, 0.1) is 0 Å². The molecule has 234 valence electrons. The lowest BCUT2D eigenvalue weighted by Gasteiger charge is -2.28. The van der Waals surface area contributed by atoms with Gasteiger partial charge in [-0.15, -0.1) is 0 Å². The Bertz CT molecular complexity index is 1380. The van der Waals surface area contributed by atoms with Crippen LogP contribution in [0.2, 0.25) is 5.02 Å². The van der Waals surface area contributed by atoms with Crippen LogP contribution in [-0.4, -0.2) is 78.9 Å². The van der Waals surface area contributed by atoms with E-state index in [0.29, 0.717) is 49.0 Å². The molecule has 0 radical (unpaired) electrons. The second kappa shape index (κ2) is 16.1. The van der Waals surface area contributed by atoms with Gasteiger partial charge in [-0.25, -0.2) is 0 Å². The Morgan fingerprint density at radius 3 is 2.41 bits per heavy atom. The van der Waals surface area contributed by atoms with Crippen molar-refractivity contribution < 1.29 is 14.3 Å². The number of rotatable bonds is 9. The summed E-state index contributed by atoms with van der Waals surface area (Å²) in [6.45, 7) is 9.62. The minimum atomic E-state index is -0.0544. The van der Waals surface area contributed by atoms with E-state index in [9.17, 15) is 9.59 Å². The molecule has 0 saturated carbocycles. The fourth-order valence-electron chi connectivity index (χ4n) is 6.13. The number of carbonyl (C=O) groups excluding carboxylic acids is 2. The Balaban J connectivity index is 1.40. The van der Waals surface area contributed by atoms with Crippen molar-refractivity contribution in [3.8, 4) is 5.75 Å². The summed E-state index contributed by atoms with van der Waals surface area (Å²) >= 11 is 6.49. The molecule has 1 saturated heterocycles. The molecule has 8 heteroatoms. The third kappa shape index (κ3) is 8.84. The molecule has 0 spiro atoms. The summed E-state index contributed by atoms with van der Waals surface area (Å²) in [5.41, 5.74) is 3.54. The Hall–Kier alpha value is -3.39. The zero-order valence-electron chi connectivity index (χ0n) is 25.9. The van der Waals surface area contributed by atoms with Crippen LogP contribution < -0.4 is 9.64 Å². The second-order valence-electron chi connectivity index (χ2n) is 11.8. The van der Waals surface area contributed by atoms with E-state index in [1.54, 1.807) is 0 Å². The number of hydrogen-bond acceptors (Lipinski definition) is 5. The van der Waals surface area contributed by atoms with Gasteiger partial charge in [0.2, 0.25) is 5.91 Å². The summed E-state index contributed by atoms with van der Waals surface area (Å²) in [4.78, 5) is 36.2. The third-order valence-corrected chi connectivity index (χ3v) is 8.73. The number of hydrogen-bond donors (Lipinski definition) is 0. The fourth-order valence-corrected chi connectivity index (χ4v) is 6.30. The van der Waals surface area contributed by atoms with Gasteiger partial charge in [0.05, 0.1) is 5.69 Å². The molecule has 2 aliphatic heterocycles. The highest BCUT2D eigenvalue weighted by atomic mass is 35.5. The van der Waals surface area contributed by atoms with E-state index in [1.807, 2.05) is 65.3 Å². The van der Waals surface area contributed by atoms with Crippen molar-refractivity contribution in [1.29, 1.82) is 0 Å². The van der Waals surface area contributed by atoms with Crippen molar-refractivity contribution in [1.82, 2.24) is 14.7 Å². The average Bonchev–Trinajstić information content (AvgIpc) is 3.55. The molecule has 0 aromatic heterocycles. The monoisotopic (exact) mass is 616 g/mol. The molecule has 0 unspecified atom stereocenters. The molecular weight excluding hydrogens is 572 g/mol. The highest BCUT2D eigenvalue weighted by molar-refractivity contribution is 6.31. The quantitative estimate of drug-likeness (QED) is 0.275. The SMILES string of the molecule is CCCC(=O)N1CCCN(Cc2ccccc2)CCN(C(=O)c2cccc(OCCN3CCCC3)c2)Cc2ccc(Cl)cc21. The summed E-state index contributed by atoms with van der Waals surface area (Å²) in [6.07, 6.45) is 4.56. The van der Waals surface area contributed by atoms with E-state index in [0.717, 1.165) is 63.4 Å². The lowest BCUT2D eigenvalue weighted by molar-refractivity contribution is -0.118. The van der Waals surface area contributed by atoms with Crippen LogP contribution in [0.15, 0.2) is 72.8 Å². The fraction of sp³-hybridized carbons (Fsp3) is 0.444. The Labute approximate surface area is 267 Å². The Morgan fingerprint density at radius 1 is 0.818 bits per heavy atom. The number of likely N-dealkylation sites (tertiary alicyclic amines) is 1. The first-order chi connectivity index (χ1) is 21.5. The molecule has 2 amide bonds. The molecule has 0 N–H and O–H groups in total. The number of halogens is 1. The van der Waals surface area contributed by atoms with Crippen LogP contribution in [0.5, 0.6) is 5.75 Å². The number of nitrogens with zero attached hydrogens (tertiary/aromatic N) is 4. The van der Waals surface area contributed by atoms with Gasteiger partial charge < -0.3 is 14.5 Å². The minimum absolute atomic E-state index is 0.0544. The van der Waals surface area contributed by atoms with E-state index in [4.69, 9.17) is 16.3 Å². The highest BCUT2D eigenvalue weighted by Crippen LogP contribution is 2.29. The number of amides is 2. The average molecular weight is 617 g/mol. The van der Waals surface area contributed by atoms with Gasteiger partial charge in [-0.05, 0) is 80.2 Å². The third-order valence-electron chi connectivity index (χ3n) is 8.50. The summed E-state index contributed by atoms with van der Waals surface area (Å²) in [7, 11) is 0. The van der Waals surface area contributed by atoms with Gasteiger partial charge in [0.1, 0.15) is 12.4 Å². The molecule has 0 atom stereocenters. The largest absolute Gasteiger partial charge is 0.492 e. The van der Waals surface area contributed by atoms with Crippen molar-refractivity contribution in [3.05, 3.63) is 94.5 Å². The lowest BCUT2D eigenvalue weighted by Crippen LogP contribution is -2.38. The van der Waals surface area contributed by atoms with Crippen molar-refractivity contribution in [2.24, 2.45) is 0 Å². The minimum Gasteiger partial charge on any atom is -0.492 e. The van der Waals surface area contributed by atoms with Crippen LogP contribution in [0.25, 0.3) is 0 Å². The van der Waals surface area contributed by atoms with Crippen LogP contribution >= 0.6 is 11.6 Å². The van der Waals surface area contributed by atoms with Gasteiger partial charge in [-0.2, -0.15) is 0 Å². The van der Waals surface area contributed by atoms with Gasteiger partial charge in [-0.3, -0.25) is 19.4 Å². The molecule has 3 aromatic carbocycles. The van der Waals surface area contributed by atoms with Crippen molar-refractivity contribution >= 4 is 29.1 Å². The second-order valence-corrected chi connectivity index (χ2v) is 12.3. The predicted octanol–water partition coefficient (Wildman–Crippen LogP) is 6.50. The molecule has 2 heterocycles. The number of benzene rings is 3. The molecule has 7 nitrogen and oxygen atoms in total. The molecule has 3 aromatic rings. The summed E-state index contributed by atoms with van der Waals surface area (Å²) in [6, 6.07) is 23.6. The van der Waals surface area contributed by atoms with Gasteiger partial charge in [0.15, 0.2) is 0 Å². The standard InChI is InChI=1S/C36H45ClN4O3/c1-2-10-35(42)41-20-9-19-39(27-29-11-4-3-5-12-29)21-22-40(28-31-15-16-32(37)26-34(31)41)36(43)30-13-8-14-33(25-30)44-24-23-38-17-6-7-18-38/h3-5,8,11-16,25-26H,2,6-7,9-10,17-24,27-28H2,1H3. The number of fused-ring (bicyclic) bond motifs is 1. The normalized spacial score (nSPS) is 16.8. The van der Waals surface area contributed by atoms with Gasteiger partial charge >= 0.3 is 0 Å². The maximum absolute atomic E-state index is 14.2. The van der Waals surface area contributed by atoms with Crippen LogP contribution in [0.4, 0.5) is 5.69 Å². The zero-order chi connectivity index (χ0) is 30.7. The van der Waals surface area contributed by atoms with Crippen molar-refractivity contribution in [2.75, 3.05) is 57.3 Å². The lowest BCUT2D eigenvalue weighted by atomic mass is 10.1. The Morgan fingerprint density at radius 2 is 1.61 bits per heavy atom. The van der Waals surface area contributed by atoms with E-state index in [-0.39, 0.29) is 11.8 Å². The van der Waals surface area contributed by atoms with E-state index in [2.05, 4.69) is 34.1 Å². The van der Waals surface area contributed by atoms with Gasteiger partial charge in [0.25, 0.3) is 5.91 Å². The molecule has 0 bridgehead atoms. The summed E-state index contributed by atoms with van der Waals surface area (Å²) in [5.74, 6) is 0.741. The van der Waals surface area contributed by atoms with E-state index in [1.165, 1.54) is 18.4 Å². The first-order valence-electron chi connectivity index (χ1n) is 16.1. The highest BCUT2D eigenvalue weighted by Gasteiger charge is 2.25. The number of ether oxygens (including phenoxy) is 1. The van der Waals surface area contributed by atoms with Crippen molar-refractivity contribution in [2.45, 2.75) is 52.1 Å². The first-order valence-corrected chi connectivity index (χ1v) is 16.5. The predicted molar refractivity (Wildman–Crippen MR) is 177 cm³/mol. The zero-order valence-corrected chi connectivity index (χ0v) is 26.7.